The summed E-state index contributed by atoms with van der Waals surface area (Å²) in [6.45, 7) is 3.62. The molecule has 0 fully saturated rings. The molecule has 0 bridgehead atoms. The summed E-state index contributed by atoms with van der Waals surface area (Å²) in [4.78, 5) is -0.388. The van der Waals surface area contributed by atoms with Crippen LogP contribution in [0.4, 0.5) is 17.1 Å². The fraction of sp³-hybridized carbons (Fsp3) is 0.238. The molecule has 33 heavy (non-hydrogen) atoms. The molecular formula is C21H23N3O7S2. The lowest BCUT2D eigenvalue weighted by molar-refractivity contribution is 0.315. The van der Waals surface area contributed by atoms with E-state index < -0.39 is 26.0 Å². The Labute approximate surface area is 191 Å². The molecule has 176 valence electrons. The minimum absolute atomic E-state index is 0.00142. The second-order valence-electron chi connectivity index (χ2n) is 7.49. The molecule has 0 aromatic heterocycles. The van der Waals surface area contributed by atoms with E-state index in [1.54, 1.807) is 30.3 Å². The number of hydrogen-bond donors (Lipinski definition) is 3. The van der Waals surface area contributed by atoms with Gasteiger partial charge in [0.2, 0.25) is 0 Å². The van der Waals surface area contributed by atoms with Crippen LogP contribution in [0.5, 0.6) is 5.75 Å². The lowest BCUT2D eigenvalue weighted by Crippen LogP contribution is -2.09. The minimum Gasteiger partial charge on any atom is -0.493 e. The highest BCUT2D eigenvalue weighted by molar-refractivity contribution is 7.86. The molecule has 0 heterocycles. The zero-order valence-electron chi connectivity index (χ0n) is 17.9. The molecule has 0 amide bonds. The minimum atomic E-state index is -4.61. The van der Waals surface area contributed by atoms with Crippen molar-refractivity contribution in [3.05, 3.63) is 53.6 Å². The first kappa shape index (κ1) is 24.6. The monoisotopic (exact) mass is 493 g/mol. The lowest BCUT2D eigenvalue weighted by atomic mass is 10.1. The molecule has 0 unspecified atom stereocenters. The van der Waals surface area contributed by atoms with Gasteiger partial charge in [0.25, 0.3) is 20.2 Å². The van der Waals surface area contributed by atoms with Crippen LogP contribution in [-0.2, 0) is 20.2 Å². The standard InChI is InChI=1S/C21H23N3O7S2/c1-13-9-20(14(2)8-19(13)22)24-23-16-5-4-15-10-17(31-6-3-7-32(25,26)27)12-21(18(15)11-16)33(28,29)30/h4-5,8-12H,3,6-7,22H2,1-2H3,(H,25,26,27)(H,28,29,30). The van der Waals surface area contributed by atoms with Gasteiger partial charge in [-0.05, 0) is 67.1 Å². The van der Waals surface area contributed by atoms with Gasteiger partial charge >= 0.3 is 0 Å². The zero-order chi connectivity index (χ0) is 24.4. The Morgan fingerprint density at radius 2 is 1.67 bits per heavy atom. The van der Waals surface area contributed by atoms with E-state index in [-0.39, 0.29) is 29.1 Å². The van der Waals surface area contributed by atoms with E-state index in [1.807, 2.05) is 13.8 Å². The lowest BCUT2D eigenvalue weighted by Gasteiger charge is -2.10. The van der Waals surface area contributed by atoms with Gasteiger partial charge in [0.1, 0.15) is 10.6 Å². The number of hydrogen-bond acceptors (Lipinski definition) is 8. The first-order chi connectivity index (χ1) is 15.3. The Kier molecular flexibility index (Phi) is 7.03. The molecule has 0 atom stereocenters. The third kappa shape index (κ3) is 6.48. The van der Waals surface area contributed by atoms with Gasteiger partial charge in [0, 0.05) is 17.1 Å². The molecule has 0 saturated heterocycles. The van der Waals surface area contributed by atoms with Crippen molar-refractivity contribution in [2.45, 2.75) is 25.2 Å². The largest absolute Gasteiger partial charge is 0.493 e. The highest BCUT2D eigenvalue weighted by atomic mass is 32.2. The molecule has 0 aliphatic rings. The van der Waals surface area contributed by atoms with Crippen LogP contribution in [0.2, 0.25) is 0 Å². The number of nitrogen functional groups attached to an aromatic ring is 1. The normalized spacial score (nSPS) is 12.5. The molecular weight excluding hydrogens is 470 g/mol. The Morgan fingerprint density at radius 1 is 0.939 bits per heavy atom. The zero-order valence-corrected chi connectivity index (χ0v) is 19.5. The number of rotatable bonds is 8. The average molecular weight is 494 g/mol. The van der Waals surface area contributed by atoms with Crippen LogP contribution in [0.15, 0.2) is 57.6 Å². The van der Waals surface area contributed by atoms with Gasteiger partial charge in [-0.15, -0.1) is 0 Å². The molecule has 10 nitrogen and oxygen atoms in total. The van der Waals surface area contributed by atoms with Gasteiger partial charge in [-0.3, -0.25) is 9.11 Å². The first-order valence-corrected chi connectivity index (χ1v) is 12.8. The van der Waals surface area contributed by atoms with Crippen LogP contribution < -0.4 is 10.5 Å². The van der Waals surface area contributed by atoms with Crippen LogP contribution in [0, 0.1) is 13.8 Å². The Hall–Kier alpha value is -3.06. The number of nitrogens with two attached hydrogens (primary N) is 1. The fourth-order valence-corrected chi connectivity index (χ4v) is 4.32. The summed E-state index contributed by atoms with van der Waals surface area (Å²) < 4.78 is 69.5. The van der Waals surface area contributed by atoms with Gasteiger partial charge in [-0.25, -0.2) is 0 Å². The predicted molar refractivity (Wildman–Crippen MR) is 125 cm³/mol. The number of nitrogens with zero attached hydrogens (tertiary/aromatic N) is 2. The summed E-state index contributed by atoms with van der Waals surface area (Å²) in [6, 6.07) is 11.0. The molecule has 12 heteroatoms. The molecule has 4 N–H and O–H groups in total. The van der Waals surface area contributed by atoms with E-state index in [4.69, 9.17) is 15.0 Å². The van der Waals surface area contributed by atoms with Crippen LogP contribution in [0.3, 0.4) is 0 Å². The van der Waals surface area contributed by atoms with Crippen LogP contribution in [0.1, 0.15) is 17.5 Å². The SMILES string of the molecule is Cc1cc(N=Nc2ccc3cc(OCCCS(=O)(=O)O)cc(S(=O)(=O)O)c3c2)c(C)cc1N. The predicted octanol–water partition coefficient (Wildman–Crippen LogP) is 4.36. The molecule has 3 rings (SSSR count). The van der Waals surface area contributed by atoms with E-state index in [0.29, 0.717) is 22.4 Å². The van der Waals surface area contributed by atoms with E-state index in [9.17, 15) is 21.4 Å². The van der Waals surface area contributed by atoms with Crippen molar-refractivity contribution in [3.8, 4) is 5.75 Å². The fourth-order valence-electron chi connectivity index (χ4n) is 3.12. The summed E-state index contributed by atoms with van der Waals surface area (Å²) in [7, 11) is -8.73. The first-order valence-electron chi connectivity index (χ1n) is 9.75. The van der Waals surface area contributed by atoms with Gasteiger partial charge < -0.3 is 10.5 Å². The van der Waals surface area contributed by atoms with Crippen molar-refractivity contribution in [1.29, 1.82) is 0 Å². The molecule has 3 aromatic carbocycles. The van der Waals surface area contributed by atoms with Gasteiger partial charge in [-0.2, -0.15) is 27.1 Å². The molecule has 0 radical (unpaired) electrons. The number of fused-ring (bicyclic) bond motifs is 1. The quantitative estimate of drug-likeness (QED) is 0.180. The Bertz CT molecular complexity index is 1450. The molecule has 3 aromatic rings. The van der Waals surface area contributed by atoms with Crippen molar-refractivity contribution in [3.63, 3.8) is 0 Å². The number of aryl methyl sites for hydroxylation is 2. The van der Waals surface area contributed by atoms with Gasteiger partial charge in [-0.1, -0.05) is 6.07 Å². The second-order valence-corrected chi connectivity index (χ2v) is 10.4. The summed E-state index contributed by atoms with van der Waals surface area (Å²) in [6.07, 6.45) is 0.00142. The maximum absolute atomic E-state index is 12.0. The van der Waals surface area contributed by atoms with Crippen LogP contribution in [0.25, 0.3) is 10.8 Å². The van der Waals surface area contributed by atoms with E-state index in [0.717, 1.165) is 17.2 Å². The summed E-state index contributed by atoms with van der Waals surface area (Å²) in [5.41, 5.74) is 9.19. The topological polar surface area (TPSA) is 169 Å². The van der Waals surface area contributed by atoms with Gasteiger partial charge in [0.05, 0.1) is 23.7 Å². The van der Waals surface area contributed by atoms with Crippen molar-refractivity contribution in [1.82, 2.24) is 0 Å². The third-order valence-electron chi connectivity index (χ3n) is 4.82. The van der Waals surface area contributed by atoms with E-state index in [1.165, 1.54) is 6.07 Å². The van der Waals surface area contributed by atoms with Crippen molar-refractivity contribution >= 4 is 48.1 Å². The highest BCUT2D eigenvalue weighted by Gasteiger charge is 2.17. The maximum atomic E-state index is 12.0. The number of ether oxygens (including phenoxy) is 1. The number of benzene rings is 3. The molecule has 0 saturated carbocycles. The number of anilines is 1. The van der Waals surface area contributed by atoms with Gasteiger partial charge in [0.15, 0.2) is 0 Å². The van der Waals surface area contributed by atoms with Crippen molar-refractivity contribution in [2.75, 3.05) is 18.1 Å². The summed E-state index contributed by atoms with van der Waals surface area (Å²) in [5, 5.41) is 9.08. The van der Waals surface area contributed by atoms with E-state index >= 15 is 0 Å². The highest BCUT2D eigenvalue weighted by Crippen LogP contribution is 2.33. The average Bonchev–Trinajstić information content (AvgIpc) is 2.71. The third-order valence-corrected chi connectivity index (χ3v) is 6.52. The second kappa shape index (κ2) is 9.43. The van der Waals surface area contributed by atoms with Crippen molar-refractivity contribution < 1.29 is 30.7 Å². The number of azo groups is 1. The van der Waals surface area contributed by atoms with Crippen LogP contribution in [-0.4, -0.2) is 38.3 Å². The summed E-state index contributed by atoms with van der Waals surface area (Å²) in [5.74, 6) is -0.375. The maximum Gasteiger partial charge on any atom is 0.295 e. The summed E-state index contributed by atoms with van der Waals surface area (Å²) >= 11 is 0. The molecule has 0 aliphatic heterocycles. The van der Waals surface area contributed by atoms with E-state index in [2.05, 4.69) is 10.2 Å². The molecule has 0 aliphatic carbocycles. The smallest absolute Gasteiger partial charge is 0.295 e. The van der Waals surface area contributed by atoms with Crippen molar-refractivity contribution in [2.24, 2.45) is 10.2 Å². The van der Waals surface area contributed by atoms with Crippen LogP contribution >= 0.6 is 0 Å². The molecule has 0 spiro atoms. The Morgan fingerprint density at radius 3 is 2.33 bits per heavy atom. The Balaban J connectivity index is 1.94.